The van der Waals surface area contributed by atoms with E-state index in [1.807, 2.05) is 18.2 Å². The van der Waals surface area contributed by atoms with Crippen molar-refractivity contribution in [2.45, 2.75) is 13.5 Å². The second-order valence-electron chi connectivity index (χ2n) is 4.97. The number of hydrogen-bond donors (Lipinski definition) is 2. The number of aromatic nitrogens is 1. The molecule has 0 saturated heterocycles. The Morgan fingerprint density at radius 2 is 2.05 bits per heavy atom. The van der Waals surface area contributed by atoms with Crippen molar-refractivity contribution >= 4 is 28.7 Å². The third-order valence-corrected chi connectivity index (χ3v) is 3.76. The number of nitrogens with one attached hydrogen (secondary N) is 1. The van der Waals surface area contributed by atoms with Crippen LogP contribution in [-0.4, -0.2) is 16.3 Å². The maximum absolute atomic E-state index is 9.99. The van der Waals surface area contributed by atoms with E-state index in [1.54, 1.807) is 18.3 Å². The summed E-state index contributed by atoms with van der Waals surface area (Å²) < 4.78 is 0. The van der Waals surface area contributed by atoms with Crippen molar-refractivity contribution in [1.29, 1.82) is 0 Å². The molecule has 0 unspecified atom stereocenters. The van der Waals surface area contributed by atoms with Gasteiger partial charge in [-0.05, 0) is 30.2 Å². The first kappa shape index (κ1) is 13.7. The molecule has 2 N–H and O–H groups in total. The molecule has 21 heavy (non-hydrogen) atoms. The summed E-state index contributed by atoms with van der Waals surface area (Å²) in [6.07, 6.45) is 1.70. The maximum Gasteiger partial charge on any atom is 0.198 e. The highest BCUT2D eigenvalue weighted by Crippen LogP contribution is 2.27. The van der Waals surface area contributed by atoms with Crippen molar-refractivity contribution in [1.82, 2.24) is 4.98 Å². The number of aryl methyl sites for hydroxylation is 1. The van der Waals surface area contributed by atoms with Gasteiger partial charge in [-0.3, -0.25) is 4.99 Å². The third-order valence-electron chi connectivity index (χ3n) is 3.52. The highest BCUT2D eigenvalue weighted by molar-refractivity contribution is 6.31. The number of fused-ring (bicyclic) bond motifs is 1. The first-order valence-electron chi connectivity index (χ1n) is 6.69. The molecule has 1 heterocycles. The number of nitrogens with zero attached hydrogens (tertiary/aromatic N) is 1. The molecule has 0 fully saturated rings. The molecule has 0 spiro atoms. The summed E-state index contributed by atoms with van der Waals surface area (Å²) in [5.41, 5.74) is 3.88. The van der Waals surface area contributed by atoms with Gasteiger partial charge in [0.15, 0.2) is 5.88 Å². The summed E-state index contributed by atoms with van der Waals surface area (Å²) in [7, 11) is 0. The van der Waals surface area contributed by atoms with Crippen LogP contribution in [0.1, 0.15) is 16.7 Å². The Morgan fingerprint density at radius 1 is 1.24 bits per heavy atom. The maximum atomic E-state index is 9.99. The van der Waals surface area contributed by atoms with Crippen molar-refractivity contribution in [2.75, 3.05) is 0 Å². The largest absolute Gasteiger partial charge is 0.494 e. The predicted octanol–water partition coefficient (Wildman–Crippen LogP) is 4.45. The van der Waals surface area contributed by atoms with Crippen LogP contribution in [0.3, 0.4) is 0 Å². The minimum atomic E-state index is 0.112. The SMILES string of the molecule is Cc1ccccc1CN=Cc1c(O)[nH]c2cc(Cl)ccc12. The van der Waals surface area contributed by atoms with E-state index in [9.17, 15) is 5.11 Å². The number of benzene rings is 2. The van der Waals surface area contributed by atoms with Crippen molar-refractivity contribution < 1.29 is 5.11 Å². The number of H-pyrrole nitrogens is 1. The van der Waals surface area contributed by atoms with Gasteiger partial charge in [-0.2, -0.15) is 0 Å². The summed E-state index contributed by atoms with van der Waals surface area (Å²) >= 11 is 5.95. The van der Waals surface area contributed by atoms with E-state index < -0.39 is 0 Å². The fourth-order valence-corrected chi connectivity index (χ4v) is 2.50. The van der Waals surface area contributed by atoms with Crippen molar-refractivity contribution in [3.63, 3.8) is 0 Å². The third kappa shape index (κ3) is 2.78. The summed E-state index contributed by atoms with van der Waals surface area (Å²) in [5.74, 6) is 0.112. The molecule has 0 aliphatic heterocycles. The smallest absolute Gasteiger partial charge is 0.198 e. The molecule has 0 amide bonds. The van der Waals surface area contributed by atoms with Crippen LogP contribution in [0, 0.1) is 6.92 Å². The molecule has 3 rings (SSSR count). The molecule has 0 atom stereocenters. The lowest BCUT2D eigenvalue weighted by atomic mass is 10.1. The van der Waals surface area contributed by atoms with Gasteiger partial charge in [0.2, 0.25) is 0 Å². The average Bonchev–Trinajstić information content (AvgIpc) is 2.76. The molecule has 0 aliphatic rings. The lowest BCUT2D eigenvalue weighted by molar-refractivity contribution is 0.457. The van der Waals surface area contributed by atoms with Gasteiger partial charge in [-0.15, -0.1) is 0 Å². The van der Waals surface area contributed by atoms with Gasteiger partial charge in [0.1, 0.15) is 0 Å². The van der Waals surface area contributed by atoms with E-state index in [1.165, 1.54) is 11.1 Å². The number of aromatic amines is 1. The zero-order chi connectivity index (χ0) is 14.8. The van der Waals surface area contributed by atoms with Gasteiger partial charge < -0.3 is 10.1 Å². The molecule has 3 aromatic rings. The second kappa shape index (κ2) is 5.62. The first-order chi connectivity index (χ1) is 10.1. The molecule has 0 saturated carbocycles. The number of halogens is 1. The summed E-state index contributed by atoms with van der Waals surface area (Å²) in [5, 5.41) is 11.5. The predicted molar refractivity (Wildman–Crippen MR) is 87.5 cm³/mol. The topological polar surface area (TPSA) is 48.4 Å². The van der Waals surface area contributed by atoms with Gasteiger partial charge in [-0.25, -0.2) is 0 Å². The molecular weight excluding hydrogens is 284 g/mol. The van der Waals surface area contributed by atoms with E-state index >= 15 is 0 Å². The van der Waals surface area contributed by atoms with E-state index in [0.29, 0.717) is 17.1 Å². The van der Waals surface area contributed by atoms with Crippen LogP contribution in [0.2, 0.25) is 5.02 Å². The molecule has 3 nitrogen and oxygen atoms in total. The first-order valence-corrected chi connectivity index (χ1v) is 7.07. The standard InChI is InChI=1S/C17H15ClN2O/c1-11-4-2-3-5-12(11)9-19-10-15-14-7-6-13(18)8-16(14)20-17(15)21/h2-8,10,20-21H,9H2,1H3. The minimum absolute atomic E-state index is 0.112. The van der Waals surface area contributed by atoms with Crippen LogP contribution in [0.15, 0.2) is 47.5 Å². The monoisotopic (exact) mass is 298 g/mol. The van der Waals surface area contributed by atoms with Gasteiger partial charge in [-0.1, -0.05) is 41.9 Å². The Labute approximate surface area is 127 Å². The summed E-state index contributed by atoms with van der Waals surface area (Å²) in [4.78, 5) is 7.35. The lowest BCUT2D eigenvalue weighted by Crippen LogP contribution is -1.87. The van der Waals surface area contributed by atoms with Crippen LogP contribution < -0.4 is 0 Å². The van der Waals surface area contributed by atoms with Gasteiger partial charge in [0.25, 0.3) is 0 Å². The van der Waals surface area contributed by atoms with E-state index in [0.717, 1.165) is 10.9 Å². The van der Waals surface area contributed by atoms with Gasteiger partial charge in [0.05, 0.1) is 17.6 Å². The second-order valence-corrected chi connectivity index (χ2v) is 5.41. The van der Waals surface area contributed by atoms with E-state index in [-0.39, 0.29) is 5.88 Å². The Bertz CT molecular complexity index is 821. The number of aliphatic imine (C=N–C) groups is 1. The van der Waals surface area contributed by atoms with Crippen LogP contribution in [0.4, 0.5) is 0 Å². The Balaban J connectivity index is 1.90. The molecule has 0 aliphatic carbocycles. The average molecular weight is 299 g/mol. The molecule has 106 valence electrons. The lowest BCUT2D eigenvalue weighted by Gasteiger charge is -2.00. The fraction of sp³-hybridized carbons (Fsp3) is 0.118. The zero-order valence-corrected chi connectivity index (χ0v) is 12.4. The molecular formula is C17H15ClN2O. The van der Waals surface area contributed by atoms with Crippen LogP contribution in [-0.2, 0) is 6.54 Å². The Kier molecular flexibility index (Phi) is 3.67. The highest BCUT2D eigenvalue weighted by atomic mass is 35.5. The van der Waals surface area contributed by atoms with Crippen molar-refractivity contribution in [3.8, 4) is 5.88 Å². The van der Waals surface area contributed by atoms with Gasteiger partial charge >= 0.3 is 0 Å². The van der Waals surface area contributed by atoms with Crippen LogP contribution >= 0.6 is 11.6 Å². The number of rotatable bonds is 3. The number of aromatic hydroxyl groups is 1. The van der Waals surface area contributed by atoms with Crippen molar-refractivity contribution in [2.24, 2.45) is 4.99 Å². The molecule has 4 heteroatoms. The number of hydrogen-bond acceptors (Lipinski definition) is 2. The summed E-state index contributed by atoms with van der Waals surface area (Å²) in [6, 6.07) is 13.6. The minimum Gasteiger partial charge on any atom is -0.494 e. The Hall–Kier alpha value is -2.26. The fourth-order valence-electron chi connectivity index (χ4n) is 2.33. The molecule has 1 aromatic heterocycles. The van der Waals surface area contributed by atoms with Crippen LogP contribution in [0.25, 0.3) is 10.9 Å². The van der Waals surface area contributed by atoms with Crippen LogP contribution in [0.5, 0.6) is 5.88 Å². The molecule has 2 aromatic carbocycles. The van der Waals surface area contributed by atoms with Gasteiger partial charge in [0, 0.05) is 16.6 Å². The van der Waals surface area contributed by atoms with Crippen molar-refractivity contribution in [3.05, 3.63) is 64.2 Å². The van der Waals surface area contributed by atoms with E-state index in [4.69, 9.17) is 11.6 Å². The normalized spacial score (nSPS) is 11.5. The quantitative estimate of drug-likeness (QED) is 0.689. The molecule has 0 radical (unpaired) electrons. The zero-order valence-electron chi connectivity index (χ0n) is 11.6. The highest BCUT2D eigenvalue weighted by Gasteiger charge is 2.08. The summed E-state index contributed by atoms with van der Waals surface area (Å²) in [6.45, 7) is 2.66. The van der Waals surface area contributed by atoms with E-state index in [2.05, 4.69) is 29.0 Å². The molecule has 0 bridgehead atoms. The Morgan fingerprint density at radius 3 is 2.86 bits per heavy atom.